The number of hydrogen-bond donors (Lipinski definition) is 3. The molecule has 2 heterocycles. The van der Waals surface area contributed by atoms with Gasteiger partial charge in [-0.25, -0.2) is 4.98 Å². The lowest BCUT2D eigenvalue weighted by Crippen LogP contribution is -2.22. The second-order valence-corrected chi connectivity index (χ2v) is 3.13. The number of nitrogens with two attached hydrogens (primary N) is 1. The van der Waals surface area contributed by atoms with Gasteiger partial charge >= 0.3 is 0 Å². The molecular formula is C8H13N5. The Hall–Kier alpha value is -1.36. The average Bonchev–Trinajstić information content (AvgIpc) is 2.57. The first-order chi connectivity index (χ1) is 6.34. The molecule has 1 aromatic heterocycles. The van der Waals surface area contributed by atoms with Crippen LogP contribution >= 0.6 is 0 Å². The third-order valence-electron chi connectivity index (χ3n) is 2.09. The number of anilines is 2. The standard InChI is InChI=1S/C8H13N5/c9-8-11-4-2-7(13-8)12-6-1-3-10-5-6/h2,4,6,10H,1,3,5H2,(H3,9,11,12,13)/t6-/m0/s1. The fourth-order valence-electron chi connectivity index (χ4n) is 1.44. The van der Waals surface area contributed by atoms with E-state index in [1.165, 1.54) is 0 Å². The topological polar surface area (TPSA) is 75.9 Å². The number of rotatable bonds is 2. The SMILES string of the molecule is Nc1nccc(N[C@H]2CCNC2)n1. The Labute approximate surface area is 76.8 Å². The Morgan fingerprint density at radius 3 is 3.23 bits per heavy atom. The van der Waals surface area contributed by atoms with Gasteiger partial charge in [0.2, 0.25) is 5.95 Å². The highest BCUT2D eigenvalue weighted by Crippen LogP contribution is 2.08. The van der Waals surface area contributed by atoms with E-state index in [0.717, 1.165) is 25.3 Å². The quantitative estimate of drug-likeness (QED) is 0.588. The van der Waals surface area contributed by atoms with Gasteiger partial charge in [0.1, 0.15) is 5.82 Å². The van der Waals surface area contributed by atoms with E-state index in [9.17, 15) is 0 Å². The van der Waals surface area contributed by atoms with Gasteiger partial charge in [-0.1, -0.05) is 0 Å². The van der Waals surface area contributed by atoms with Crippen LogP contribution in [0.25, 0.3) is 0 Å². The van der Waals surface area contributed by atoms with Gasteiger partial charge in [-0.2, -0.15) is 4.98 Å². The molecular weight excluding hydrogens is 166 g/mol. The summed E-state index contributed by atoms with van der Waals surface area (Å²) in [4.78, 5) is 7.89. The molecule has 70 valence electrons. The van der Waals surface area contributed by atoms with Gasteiger partial charge in [-0.15, -0.1) is 0 Å². The Morgan fingerprint density at radius 1 is 1.62 bits per heavy atom. The van der Waals surface area contributed by atoms with Gasteiger partial charge in [0.05, 0.1) is 0 Å². The van der Waals surface area contributed by atoms with Gasteiger partial charge in [-0.3, -0.25) is 0 Å². The van der Waals surface area contributed by atoms with Crippen LogP contribution in [0.1, 0.15) is 6.42 Å². The molecule has 5 nitrogen and oxygen atoms in total. The number of hydrogen-bond acceptors (Lipinski definition) is 5. The minimum absolute atomic E-state index is 0.316. The Balaban J connectivity index is 2.00. The Morgan fingerprint density at radius 2 is 2.54 bits per heavy atom. The molecule has 0 aromatic carbocycles. The van der Waals surface area contributed by atoms with E-state index in [1.807, 2.05) is 6.07 Å². The van der Waals surface area contributed by atoms with Crippen LogP contribution in [0.3, 0.4) is 0 Å². The Kier molecular flexibility index (Phi) is 2.27. The number of nitrogens with zero attached hydrogens (tertiary/aromatic N) is 2. The van der Waals surface area contributed by atoms with E-state index >= 15 is 0 Å². The molecule has 4 N–H and O–H groups in total. The second kappa shape index (κ2) is 3.57. The van der Waals surface area contributed by atoms with E-state index in [-0.39, 0.29) is 0 Å². The van der Waals surface area contributed by atoms with Crippen molar-refractivity contribution in [2.45, 2.75) is 12.5 Å². The molecule has 0 radical (unpaired) electrons. The Bertz CT molecular complexity index is 282. The summed E-state index contributed by atoms with van der Waals surface area (Å²) in [6.07, 6.45) is 2.79. The van der Waals surface area contributed by atoms with Gasteiger partial charge in [0, 0.05) is 18.8 Å². The molecule has 0 spiro atoms. The van der Waals surface area contributed by atoms with Crippen molar-refractivity contribution in [1.82, 2.24) is 15.3 Å². The van der Waals surface area contributed by atoms with Crippen LogP contribution in [0.2, 0.25) is 0 Å². The van der Waals surface area contributed by atoms with Crippen molar-refractivity contribution in [3.8, 4) is 0 Å². The molecule has 2 rings (SSSR count). The molecule has 5 heteroatoms. The molecule has 1 aliphatic rings. The largest absolute Gasteiger partial charge is 0.368 e. The van der Waals surface area contributed by atoms with Crippen molar-refractivity contribution in [3.63, 3.8) is 0 Å². The van der Waals surface area contributed by atoms with Crippen LogP contribution in [0.4, 0.5) is 11.8 Å². The molecule has 1 aromatic rings. The van der Waals surface area contributed by atoms with Crippen molar-refractivity contribution in [3.05, 3.63) is 12.3 Å². The van der Waals surface area contributed by atoms with Crippen LogP contribution < -0.4 is 16.4 Å². The first kappa shape index (κ1) is 8.25. The summed E-state index contributed by atoms with van der Waals surface area (Å²) in [5.74, 6) is 1.12. The zero-order valence-electron chi connectivity index (χ0n) is 7.33. The van der Waals surface area contributed by atoms with Crippen molar-refractivity contribution >= 4 is 11.8 Å². The van der Waals surface area contributed by atoms with Crippen LogP contribution in [0.15, 0.2) is 12.3 Å². The van der Waals surface area contributed by atoms with E-state index in [0.29, 0.717) is 12.0 Å². The molecule has 0 saturated carbocycles. The fraction of sp³-hybridized carbons (Fsp3) is 0.500. The summed E-state index contributed by atoms with van der Waals surface area (Å²) in [7, 11) is 0. The van der Waals surface area contributed by atoms with Crippen molar-refractivity contribution in [1.29, 1.82) is 0 Å². The van der Waals surface area contributed by atoms with Gasteiger partial charge in [-0.05, 0) is 19.0 Å². The highest BCUT2D eigenvalue weighted by atomic mass is 15.1. The van der Waals surface area contributed by atoms with Crippen LogP contribution in [-0.2, 0) is 0 Å². The smallest absolute Gasteiger partial charge is 0.221 e. The molecule has 1 aliphatic heterocycles. The summed E-state index contributed by atoms with van der Waals surface area (Å²) in [5.41, 5.74) is 5.46. The van der Waals surface area contributed by atoms with Gasteiger partial charge in [0.25, 0.3) is 0 Å². The minimum atomic E-state index is 0.316. The third kappa shape index (κ3) is 2.06. The van der Waals surface area contributed by atoms with E-state index < -0.39 is 0 Å². The number of nitrogen functional groups attached to an aromatic ring is 1. The molecule has 0 amide bonds. The summed E-state index contributed by atoms with van der Waals surface area (Å²) in [5, 5.41) is 6.56. The number of nitrogens with one attached hydrogen (secondary N) is 2. The van der Waals surface area contributed by atoms with Crippen LogP contribution in [0, 0.1) is 0 Å². The first-order valence-corrected chi connectivity index (χ1v) is 4.40. The summed E-state index contributed by atoms with van der Waals surface area (Å²) < 4.78 is 0. The van der Waals surface area contributed by atoms with Crippen molar-refractivity contribution in [2.24, 2.45) is 0 Å². The molecule has 1 fully saturated rings. The molecule has 1 atom stereocenters. The summed E-state index contributed by atoms with van der Waals surface area (Å²) in [6, 6.07) is 2.30. The molecule has 13 heavy (non-hydrogen) atoms. The highest BCUT2D eigenvalue weighted by Gasteiger charge is 2.13. The third-order valence-corrected chi connectivity index (χ3v) is 2.09. The maximum absolute atomic E-state index is 5.46. The lowest BCUT2D eigenvalue weighted by Gasteiger charge is -2.11. The van der Waals surface area contributed by atoms with Crippen molar-refractivity contribution in [2.75, 3.05) is 24.1 Å². The monoisotopic (exact) mass is 179 g/mol. The maximum atomic E-state index is 5.46. The normalized spacial score (nSPS) is 21.7. The van der Waals surface area contributed by atoms with E-state index in [4.69, 9.17) is 5.73 Å². The molecule has 0 aliphatic carbocycles. The minimum Gasteiger partial charge on any atom is -0.368 e. The van der Waals surface area contributed by atoms with E-state index in [2.05, 4.69) is 20.6 Å². The zero-order valence-corrected chi connectivity index (χ0v) is 7.33. The van der Waals surface area contributed by atoms with Gasteiger partial charge in [0.15, 0.2) is 0 Å². The summed E-state index contributed by atoms with van der Waals surface area (Å²) >= 11 is 0. The van der Waals surface area contributed by atoms with Crippen LogP contribution in [-0.4, -0.2) is 29.1 Å². The molecule has 0 unspecified atom stereocenters. The zero-order chi connectivity index (χ0) is 9.10. The average molecular weight is 179 g/mol. The molecule has 1 saturated heterocycles. The molecule has 0 bridgehead atoms. The first-order valence-electron chi connectivity index (χ1n) is 4.40. The highest BCUT2D eigenvalue weighted by molar-refractivity contribution is 5.38. The fourth-order valence-corrected chi connectivity index (χ4v) is 1.44. The predicted molar refractivity (Wildman–Crippen MR) is 51.3 cm³/mol. The maximum Gasteiger partial charge on any atom is 0.221 e. The lowest BCUT2D eigenvalue weighted by atomic mass is 10.2. The van der Waals surface area contributed by atoms with Crippen LogP contribution in [0.5, 0.6) is 0 Å². The summed E-state index contributed by atoms with van der Waals surface area (Å²) in [6.45, 7) is 2.06. The van der Waals surface area contributed by atoms with Gasteiger partial charge < -0.3 is 16.4 Å². The van der Waals surface area contributed by atoms with Crippen molar-refractivity contribution < 1.29 is 0 Å². The predicted octanol–water partition coefficient (Wildman–Crippen LogP) is -0.167. The lowest BCUT2D eigenvalue weighted by molar-refractivity contribution is 0.787. The second-order valence-electron chi connectivity index (χ2n) is 3.13. The van der Waals surface area contributed by atoms with E-state index in [1.54, 1.807) is 6.20 Å². The number of aromatic nitrogens is 2.